The van der Waals surface area contributed by atoms with Crippen molar-refractivity contribution in [3.8, 4) is 18.6 Å². The molecule has 0 atom stereocenters. The minimum absolute atomic E-state index is 0.328. The molecule has 0 aliphatic carbocycles. The summed E-state index contributed by atoms with van der Waals surface area (Å²) >= 11 is 0. The maximum Gasteiger partial charge on any atom is 0.159 e. The van der Waals surface area contributed by atoms with Crippen molar-refractivity contribution in [3.05, 3.63) is 65.2 Å². The number of hydrogen-bond acceptors (Lipinski definition) is 2. The van der Waals surface area contributed by atoms with Crippen LogP contribution in [0, 0.1) is 31.4 Å². The highest BCUT2D eigenvalue weighted by Crippen LogP contribution is 2.29. The van der Waals surface area contributed by atoms with E-state index in [1.54, 1.807) is 6.07 Å². The lowest BCUT2D eigenvalue weighted by molar-refractivity contribution is 0.192. The number of para-hydroxylation sites is 1. The minimum Gasteiger partial charge on any atom is -0.493 e. The molecule has 4 heteroatoms. The zero-order valence-corrected chi connectivity index (χ0v) is 15.8. The molecule has 1 saturated heterocycles. The first-order chi connectivity index (χ1) is 13.1. The van der Waals surface area contributed by atoms with Gasteiger partial charge in [-0.25, -0.2) is 8.78 Å². The smallest absolute Gasteiger partial charge is 0.159 e. The molecule has 144 valence electrons. The third kappa shape index (κ3) is 6.08. The average molecular weight is 371 g/mol. The van der Waals surface area contributed by atoms with Crippen molar-refractivity contribution in [2.75, 3.05) is 26.2 Å². The van der Waals surface area contributed by atoms with Gasteiger partial charge in [-0.05, 0) is 74.5 Å². The molecule has 0 aromatic heterocycles. The number of likely N-dealkylation sites (tertiary alicyclic amines) is 1. The predicted octanol–water partition coefficient (Wildman–Crippen LogP) is 5.17. The maximum atomic E-state index is 13.4. The van der Waals surface area contributed by atoms with Crippen LogP contribution in [0.15, 0.2) is 42.5 Å². The van der Waals surface area contributed by atoms with Gasteiger partial charge in [0.25, 0.3) is 0 Å². The summed E-state index contributed by atoms with van der Waals surface area (Å²) in [5, 5.41) is 0. The van der Waals surface area contributed by atoms with Gasteiger partial charge in [0, 0.05) is 6.54 Å². The highest BCUT2D eigenvalue weighted by atomic mass is 19.2. The Morgan fingerprint density at radius 2 is 1.74 bits per heavy atom. The molecule has 1 aliphatic rings. The van der Waals surface area contributed by atoms with Crippen molar-refractivity contribution in [1.82, 2.24) is 4.90 Å². The molecule has 1 fully saturated rings. The SMILES string of the molecule is C#C.Cc1ccccc1OCCCN1CCC(c2ccc(F)c(F)c2)CC1. The second kappa shape index (κ2) is 10.7. The molecule has 2 aromatic rings. The Bertz CT molecular complexity index is 736. The summed E-state index contributed by atoms with van der Waals surface area (Å²) in [6, 6.07) is 12.4. The van der Waals surface area contributed by atoms with Crippen LogP contribution in [-0.4, -0.2) is 31.1 Å². The van der Waals surface area contributed by atoms with Crippen LogP contribution < -0.4 is 4.74 Å². The predicted molar refractivity (Wildman–Crippen MR) is 106 cm³/mol. The van der Waals surface area contributed by atoms with Crippen molar-refractivity contribution < 1.29 is 13.5 Å². The number of ether oxygens (including phenoxy) is 1. The minimum atomic E-state index is -0.769. The quantitative estimate of drug-likeness (QED) is 0.513. The fourth-order valence-corrected chi connectivity index (χ4v) is 3.44. The summed E-state index contributed by atoms with van der Waals surface area (Å²) in [7, 11) is 0. The van der Waals surface area contributed by atoms with Gasteiger partial charge < -0.3 is 9.64 Å². The van der Waals surface area contributed by atoms with Gasteiger partial charge in [-0.3, -0.25) is 0 Å². The Labute approximate surface area is 161 Å². The Balaban J connectivity index is 0.00000126. The lowest BCUT2D eigenvalue weighted by atomic mass is 9.89. The standard InChI is InChI=1S/C21H25F2NO.C2H2/c1-16-5-2-3-6-21(16)25-14-4-11-24-12-9-17(10-13-24)18-7-8-19(22)20(23)15-18;1-2/h2-3,5-8,15,17H,4,9-14H2,1H3;1-2H. The number of aryl methyl sites for hydroxylation is 1. The van der Waals surface area contributed by atoms with Crippen LogP contribution >= 0.6 is 0 Å². The van der Waals surface area contributed by atoms with Gasteiger partial charge in [0.05, 0.1) is 6.61 Å². The Morgan fingerprint density at radius 1 is 1.04 bits per heavy atom. The maximum absolute atomic E-state index is 13.4. The van der Waals surface area contributed by atoms with Crippen LogP contribution in [-0.2, 0) is 0 Å². The van der Waals surface area contributed by atoms with Crippen molar-refractivity contribution in [2.24, 2.45) is 0 Å². The molecule has 0 saturated carbocycles. The van der Waals surface area contributed by atoms with Crippen LogP contribution in [0.3, 0.4) is 0 Å². The van der Waals surface area contributed by atoms with Gasteiger partial charge in [0.2, 0.25) is 0 Å². The zero-order chi connectivity index (χ0) is 19.6. The topological polar surface area (TPSA) is 12.5 Å². The summed E-state index contributed by atoms with van der Waals surface area (Å²) in [6.45, 7) is 5.77. The number of piperidine rings is 1. The zero-order valence-electron chi connectivity index (χ0n) is 15.8. The highest BCUT2D eigenvalue weighted by Gasteiger charge is 2.21. The van der Waals surface area contributed by atoms with Crippen LogP contribution in [0.5, 0.6) is 5.75 Å². The molecule has 0 amide bonds. The van der Waals surface area contributed by atoms with Crippen molar-refractivity contribution >= 4 is 0 Å². The second-order valence-electron chi connectivity index (χ2n) is 6.76. The Hall–Kier alpha value is -2.38. The molecule has 0 radical (unpaired) electrons. The summed E-state index contributed by atoms with van der Waals surface area (Å²) in [5.74, 6) is -0.225. The first-order valence-electron chi connectivity index (χ1n) is 9.32. The molecule has 2 aromatic carbocycles. The summed E-state index contributed by atoms with van der Waals surface area (Å²) in [6.07, 6.45) is 11.0. The summed E-state index contributed by atoms with van der Waals surface area (Å²) in [5.41, 5.74) is 2.08. The van der Waals surface area contributed by atoms with Gasteiger partial charge in [-0.15, -0.1) is 12.8 Å². The molecule has 2 nitrogen and oxygen atoms in total. The van der Waals surface area contributed by atoms with E-state index in [-0.39, 0.29) is 0 Å². The van der Waals surface area contributed by atoms with Crippen molar-refractivity contribution in [2.45, 2.75) is 32.1 Å². The van der Waals surface area contributed by atoms with Crippen LogP contribution in [0.1, 0.15) is 36.3 Å². The molecule has 0 unspecified atom stereocenters. The fourth-order valence-electron chi connectivity index (χ4n) is 3.44. The van der Waals surface area contributed by atoms with E-state index in [1.807, 2.05) is 18.2 Å². The molecule has 0 bridgehead atoms. The van der Waals surface area contributed by atoms with Gasteiger partial charge in [-0.1, -0.05) is 24.3 Å². The van der Waals surface area contributed by atoms with Crippen LogP contribution in [0.4, 0.5) is 8.78 Å². The number of terminal acetylenes is 1. The van der Waals surface area contributed by atoms with E-state index >= 15 is 0 Å². The van der Waals surface area contributed by atoms with E-state index in [9.17, 15) is 8.78 Å². The fraction of sp³-hybridized carbons (Fsp3) is 0.391. The number of rotatable bonds is 6. The Kier molecular flexibility index (Phi) is 8.29. The van der Waals surface area contributed by atoms with E-state index in [0.717, 1.165) is 55.8 Å². The first-order valence-corrected chi connectivity index (χ1v) is 9.32. The molecule has 0 spiro atoms. The third-order valence-corrected chi connectivity index (χ3v) is 4.97. The van der Waals surface area contributed by atoms with Gasteiger partial charge in [0.15, 0.2) is 11.6 Å². The molecular weight excluding hydrogens is 344 g/mol. The van der Waals surface area contributed by atoms with E-state index in [4.69, 9.17) is 4.74 Å². The largest absolute Gasteiger partial charge is 0.493 e. The average Bonchev–Trinajstić information content (AvgIpc) is 2.71. The third-order valence-electron chi connectivity index (χ3n) is 4.97. The number of nitrogens with zero attached hydrogens (tertiary/aromatic N) is 1. The number of hydrogen-bond donors (Lipinski definition) is 0. The second-order valence-corrected chi connectivity index (χ2v) is 6.76. The highest BCUT2D eigenvalue weighted by molar-refractivity contribution is 5.31. The van der Waals surface area contributed by atoms with Gasteiger partial charge >= 0.3 is 0 Å². The molecule has 27 heavy (non-hydrogen) atoms. The Morgan fingerprint density at radius 3 is 2.41 bits per heavy atom. The molecule has 3 rings (SSSR count). The van der Waals surface area contributed by atoms with Gasteiger partial charge in [0.1, 0.15) is 5.75 Å². The van der Waals surface area contributed by atoms with Crippen molar-refractivity contribution in [3.63, 3.8) is 0 Å². The first kappa shape index (κ1) is 20.9. The van der Waals surface area contributed by atoms with Crippen LogP contribution in [0.25, 0.3) is 0 Å². The summed E-state index contributed by atoms with van der Waals surface area (Å²) in [4.78, 5) is 2.43. The van der Waals surface area contributed by atoms with E-state index < -0.39 is 11.6 Å². The van der Waals surface area contributed by atoms with Crippen molar-refractivity contribution in [1.29, 1.82) is 0 Å². The van der Waals surface area contributed by atoms with E-state index in [0.29, 0.717) is 12.5 Å². The molecular formula is C23H27F2NO. The molecule has 1 aliphatic heterocycles. The lowest BCUT2D eigenvalue weighted by Gasteiger charge is -2.32. The number of halogens is 2. The van der Waals surface area contributed by atoms with E-state index in [2.05, 4.69) is 30.7 Å². The normalized spacial score (nSPS) is 15.0. The summed E-state index contributed by atoms with van der Waals surface area (Å²) < 4.78 is 32.3. The monoisotopic (exact) mass is 371 g/mol. The number of benzene rings is 2. The van der Waals surface area contributed by atoms with E-state index in [1.165, 1.54) is 12.1 Å². The molecule has 1 heterocycles. The van der Waals surface area contributed by atoms with Gasteiger partial charge in [-0.2, -0.15) is 0 Å². The molecule has 0 N–H and O–H groups in total. The van der Waals surface area contributed by atoms with Crippen LogP contribution in [0.2, 0.25) is 0 Å². The lowest BCUT2D eigenvalue weighted by Crippen LogP contribution is -2.34.